The molecule has 2 saturated heterocycles. The largest absolute Gasteiger partial charge is 0.460 e. The van der Waals surface area contributed by atoms with Gasteiger partial charge in [-0.25, -0.2) is 0 Å². The van der Waals surface area contributed by atoms with Crippen LogP contribution < -0.4 is 5.32 Å². The molecule has 2 rings (SSSR count). The van der Waals surface area contributed by atoms with Crippen LogP contribution in [0.2, 0.25) is 0 Å². The van der Waals surface area contributed by atoms with Gasteiger partial charge in [-0.3, -0.25) is 9.59 Å². The molecule has 1 amide bonds. The summed E-state index contributed by atoms with van der Waals surface area (Å²) in [6.45, 7) is 8.14. The average Bonchev–Trinajstić information content (AvgIpc) is 1.92. The van der Waals surface area contributed by atoms with Gasteiger partial charge in [0.15, 0.2) is 0 Å². The summed E-state index contributed by atoms with van der Waals surface area (Å²) >= 11 is 0. The number of esters is 1. The van der Waals surface area contributed by atoms with E-state index in [1.807, 2.05) is 20.8 Å². The number of amides is 1. The van der Waals surface area contributed by atoms with E-state index in [4.69, 9.17) is 4.74 Å². The summed E-state index contributed by atoms with van der Waals surface area (Å²) in [6.07, 6.45) is 0. The van der Waals surface area contributed by atoms with E-state index in [1.54, 1.807) is 4.90 Å². The van der Waals surface area contributed by atoms with Gasteiger partial charge in [0.25, 0.3) is 0 Å². The van der Waals surface area contributed by atoms with Gasteiger partial charge in [-0.1, -0.05) is 0 Å². The summed E-state index contributed by atoms with van der Waals surface area (Å²) < 4.78 is 5.28. The molecule has 0 atom stereocenters. The zero-order valence-electron chi connectivity index (χ0n) is 10.7. The van der Waals surface area contributed by atoms with E-state index in [9.17, 15) is 9.59 Å². The molecule has 0 aliphatic carbocycles. The number of likely N-dealkylation sites (tertiary alicyclic amines) is 1. The summed E-state index contributed by atoms with van der Waals surface area (Å²) in [5.74, 6) is -0.0300. The van der Waals surface area contributed by atoms with E-state index in [-0.39, 0.29) is 23.7 Å². The van der Waals surface area contributed by atoms with Crippen molar-refractivity contribution in [3.8, 4) is 0 Å². The Balaban J connectivity index is 1.74. The standard InChI is InChI=1S/C12H20N2O3/c1-12(2,3)17-11(16)9-6-14(7-9)10(15)8-4-13-5-8/h8-9,13H,4-7H2,1-3H3. The second-order valence-electron chi connectivity index (χ2n) is 5.83. The average molecular weight is 240 g/mol. The van der Waals surface area contributed by atoms with Crippen LogP contribution in [-0.4, -0.2) is 48.6 Å². The molecule has 17 heavy (non-hydrogen) atoms. The first kappa shape index (κ1) is 12.4. The SMILES string of the molecule is CC(C)(C)OC(=O)C1CN(C(=O)C2CNC2)C1. The number of nitrogens with zero attached hydrogens (tertiary/aromatic N) is 1. The minimum absolute atomic E-state index is 0.120. The molecule has 0 aromatic carbocycles. The van der Waals surface area contributed by atoms with E-state index in [1.165, 1.54) is 0 Å². The summed E-state index contributed by atoms with van der Waals surface area (Å²) in [5.41, 5.74) is -0.445. The highest BCUT2D eigenvalue weighted by atomic mass is 16.6. The van der Waals surface area contributed by atoms with Crippen molar-refractivity contribution in [1.29, 1.82) is 0 Å². The first-order chi connectivity index (χ1) is 7.87. The van der Waals surface area contributed by atoms with Gasteiger partial charge in [0, 0.05) is 26.2 Å². The number of carbonyl (C=O) groups excluding carboxylic acids is 2. The van der Waals surface area contributed by atoms with E-state index < -0.39 is 5.60 Å². The quantitative estimate of drug-likeness (QED) is 0.691. The lowest BCUT2D eigenvalue weighted by molar-refractivity contribution is -0.169. The lowest BCUT2D eigenvalue weighted by atomic mass is 9.94. The Labute approximate surface area is 101 Å². The second kappa shape index (κ2) is 4.29. The van der Waals surface area contributed by atoms with Crippen molar-refractivity contribution >= 4 is 11.9 Å². The molecular weight excluding hydrogens is 220 g/mol. The van der Waals surface area contributed by atoms with Crippen LogP contribution in [0.5, 0.6) is 0 Å². The van der Waals surface area contributed by atoms with E-state index >= 15 is 0 Å². The van der Waals surface area contributed by atoms with Crippen LogP contribution in [0, 0.1) is 11.8 Å². The zero-order valence-corrected chi connectivity index (χ0v) is 10.7. The lowest BCUT2D eigenvalue weighted by Gasteiger charge is -2.42. The van der Waals surface area contributed by atoms with E-state index in [0.717, 1.165) is 13.1 Å². The summed E-state index contributed by atoms with van der Waals surface area (Å²) in [4.78, 5) is 25.2. The maximum atomic E-state index is 11.8. The molecule has 0 aromatic heterocycles. The molecule has 2 aliphatic rings. The highest BCUT2D eigenvalue weighted by molar-refractivity contribution is 5.84. The van der Waals surface area contributed by atoms with Crippen molar-refractivity contribution in [2.75, 3.05) is 26.2 Å². The second-order valence-corrected chi connectivity index (χ2v) is 5.83. The Morgan fingerprint density at radius 2 is 1.76 bits per heavy atom. The topological polar surface area (TPSA) is 58.6 Å². The van der Waals surface area contributed by atoms with Crippen molar-refractivity contribution in [1.82, 2.24) is 10.2 Å². The van der Waals surface area contributed by atoms with Crippen molar-refractivity contribution in [2.24, 2.45) is 11.8 Å². The van der Waals surface area contributed by atoms with Gasteiger partial charge < -0.3 is 15.0 Å². The van der Waals surface area contributed by atoms with E-state index in [2.05, 4.69) is 5.32 Å². The van der Waals surface area contributed by atoms with Crippen LogP contribution in [-0.2, 0) is 14.3 Å². The molecule has 5 heteroatoms. The fourth-order valence-corrected chi connectivity index (χ4v) is 1.91. The normalized spacial score (nSPS) is 21.7. The number of carbonyl (C=O) groups is 2. The van der Waals surface area contributed by atoms with Gasteiger partial charge >= 0.3 is 5.97 Å². The first-order valence-electron chi connectivity index (χ1n) is 6.09. The summed E-state index contributed by atoms with van der Waals surface area (Å²) in [5, 5.41) is 3.07. The fraction of sp³-hybridized carbons (Fsp3) is 0.833. The molecule has 0 unspecified atom stereocenters. The van der Waals surface area contributed by atoms with Gasteiger partial charge in [-0.15, -0.1) is 0 Å². The molecule has 2 fully saturated rings. The number of ether oxygens (including phenoxy) is 1. The molecule has 2 heterocycles. The van der Waals surface area contributed by atoms with Crippen LogP contribution in [0.1, 0.15) is 20.8 Å². The smallest absolute Gasteiger partial charge is 0.313 e. The Hall–Kier alpha value is -1.10. The Morgan fingerprint density at radius 1 is 1.18 bits per heavy atom. The Bertz CT molecular complexity index is 325. The van der Waals surface area contributed by atoms with Crippen molar-refractivity contribution in [3.63, 3.8) is 0 Å². The molecule has 2 aliphatic heterocycles. The van der Waals surface area contributed by atoms with Gasteiger partial charge in [0.2, 0.25) is 5.91 Å². The minimum Gasteiger partial charge on any atom is -0.460 e. The van der Waals surface area contributed by atoms with Gasteiger partial charge in [-0.05, 0) is 20.8 Å². The molecule has 0 bridgehead atoms. The van der Waals surface area contributed by atoms with Crippen molar-refractivity contribution < 1.29 is 14.3 Å². The molecular formula is C12H20N2O3. The predicted octanol–water partition coefficient (Wildman–Crippen LogP) is 0.00590. The summed E-state index contributed by atoms with van der Waals surface area (Å²) in [6, 6.07) is 0. The Kier molecular flexibility index (Phi) is 3.12. The molecule has 0 radical (unpaired) electrons. The molecule has 1 N–H and O–H groups in total. The number of rotatable bonds is 2. The fourth-order valence-electron chi connectivity index (χ4n) is 1.91. The zero-order chi connectivity index (χ0) is 12.6. The molecule has 5 nitrogen and oxygen atoms in total. The lowest BCUT2D eigenvalue weighted by Crippen LogP contribution is -2.60. The van der Waals surface area contributed by atoms with Crippen molar-refractivity contribution in [2.45, 2.75) is 26.4 Å². The molecule has 0 spiro atoms. The Morgan fingerprint density at radius 3 is 2.18 bits per heavy atom. The van der Waals surface area contributed by atoms with Crippen LogP contribution in [0.25, 0.3) is 0 Å². The number of hydrogen-bond acceptors (Lipinski definition) is 4. The third kappa shape index (κ3) is 2.77. The molecule has 96 valence electrons. The third-order valence-electron chi connectivity index (χ3n) is 3.06. The maximum Gasteiger partial charge on any atom is 0.313 e. The summed E-state index contributed by atoms with van der Waals surface area (Å²) in [7, 11) is 0. The number of hydrogen-bond donors (Lipinski definition) is 1. The van der Waals surface area contributed by atoms with Crippen molar-refractivity contribution in [3.05, 3.63) is 0 Å². The monoisotopic (exact) mass is 240 g/mol. The van der Waals surface area contributed by atoms with Crippen LogP contribution in [0.15, 0.2) is 0 Å². The van der Waals surface area contributed by atoms with Gasteiger partial charge in [0.05, 0.1) is 11.8 Å². The number of nitrogens with one attached hydrogen (secondary N) is 1. The molecule has 0 aromatic rings. The van der Waals surface area contributed by atoms with E-state index in [0.29, 0.717) is 13.1 Å². The highest BCUT2D eigenvalue weighted by Gasteiger charge is 2.41. The molecule has 0 saturated carbocycles. The van der Waals surface area contributed by atoms with Crippen LogP contribution in [0.4, 0.5) is 0 Å². The first-order valence-corrected chi connectivity index (χ1v) is 6.09. The van der Waals surface area contributed by atoms with Crippen LogP contribution in [0.3, 0.4) is 0 Å². The predicted molar refractivity (Wildman–Crippen MR) is 62.3 cm³/mol. The van der Waals surface area contributed by atoms with Gasteiger partial charge in [-0.2, -0.15) is 0 Å². The highest BCUT2D eigenvalue weighted by Crippen LogP contribution is 2.22. The van der Waals surface area contributed by atoms with Crippen LogP contribution >= 0.6 is 0 Å². The van der Waals surface area contributed by atoms with Gasteiger partial charge in [0.1, 0.15) is 5.60 Å². The minimum atomic E-state index is -0.445. The maximum absolute atomic E-state index is 11.8. The third-order valence-corrected chi connectivity index (χ3v) is 3.06.